The van der Waals surface area contributed by atoms with Gasteiger partial charge in [-0.2, -0.15) is 0 Å². The molecule has 3 fully saturated rings. The zero-order valence-corrected chi connectivity index (χ0v) is 15.8. The summed E-state index contributed by atoms with van der Waals surface area (Å²) in [5, 5.41) is 0. The van der Waals surface area contributed by atoms with Crippen LogP contribution in [0.1, 0.15) is 17.5 Å². The van der Waals surface area contributed by atoms with Crippen LogP contribution < -0.4 is 0 Å². The van der Waals surface area contributed by atoms with E-state index in [0.29, 0.717) is 31.1 Å². The number of nitrogens with zero attached hydrogens (tertiary/aromatic N) is 1. The van der Waals surface area contributed by atoms with Gasteiger partial charge in [-0.3, -0.25) is 4.79 Å². The number of rotatable bonds is 3. The maximum Gasteiger partial charge on any atom is 0.317 e. The van der Waals surface area contributed by atoms with Crippen LogP contribution in [0.25, 0.3) is 4.85 Å². The Morgan fingerprint density at radius 1 is 1.07 bits per heavy atom. The molecule has 2 aromatic rings. The van der Waals surface area contributed by atoms with Crippen LogP contribution in [-0.2, 0) is 26.2 Å². The predicted octanol–water partition coefficient (Wildman–Crippen LogP) is 4.23. The monoisotopic (exact) mass is 383 g/mol. The fraction of sp³-hybridized carbons (Fsp3) is 0.364. The summed E-state index contributed by atoms with van der Waals surface area (Å²) in [5.41, 5.74) is 1.97. The number of ether oxygens (including phenoxy) is 2. The van der Waals surface area contributed by atoms with Crippen molar-refractivity contribution in [2.75, 3.05) is 19.1 Å². The van der Waals surface area contributed by atoms with Gasteiger partial charge in [-0.05, 0) is 12.0 Å². The van der Waals surface area contributed by atoms with Gasteiger partial charge in [0.15, 0.2) is 0 Å². The minimum Gasteiger partial charge on any atom is -0.465 e. The number of alkyl halides is 1. The van der Waals surface area contributed by atoms with E-state index in [1.807, 2.05) is 60.7 Å². The minimum absolute atomic E-state index is 0.0244. The number of benzene rings is 2. The van der Waals surface area contributed by atoms with E-state index in [9.17, 15) is 4.79 Å². The number of carbonyl (C=O) groups excluding carboxylic acids is 1. The lowest BCUT2D eigenvalue weighted by Crippen LogP contribution is -2.18. The number of epoxide rings is 1. The highest BCUT2D eigenvalue weighted by Gasteiger charge is 2.66. The summed E-state index contributed by atoms with van der Waals surface area (Å²) < 4.78 is 9.76. The van der Waals surface area contributed by atoms with Crippen LogP contribution in [0.15, 0.2) is 60.7 Å². The summed E-state index contributed by atoms with van der Waals surface area (Å²) >= 11 is 5.27. The fourth-order valence-corrected chi connectivity index (χ4v) is 3.30. The number of hydrogen-bond donors (Lipinski definition) is 0. The Hall–Kier alpha value is -2.35. The number of esters is 1. The van der Waals surface area contributed by atoms with Gasteiger partial charge in [-0.1, -0.05) is 60.7 Å². The van der Waals surface area contributed by atoms with Crippen molar-refractivity contribution in [2.45, 2.75) is 24.5 Å². The molecule has 140 valence electrons. The minimum atomic E-state index is -0.249. The van der Waals surface area contributed by atoms with E-state index in [1.165, 1.54) is 0 Å². The molecule has 4 nitrogen and oxygen atoms in total. The first-order chi connectivity index (χ1) is 13.2. The molecule has 1 aliphatic carbocycles. The molecule has 0 spiro atoms. The van der Waals surface area contributed by atoms with Crippen molar-refractivity contribution in [1.82, 2.24) is 0 Å². The molecular formula is C22H22ClNO3. The second-order valence-electron chi connectivity index (χ2n) is 6.75. The second kappa shape index (κ2) is 9.03. The van der Waals surface area contributed by atoms with Crippen molar-refractivity contribution in [1.29, 1.82) is 0 Å². The Balaban J connectivity index is 0.000000130. The van der Waals surface area contributed by atoms with Crippen molar-refractivity contribution in [3.63, 3.8) is 0 Å². The van der Waals surface area contributed by atoms with E-state index in [0.717, 1.165) is 24.2 Å². The molecule has 2 aliphatic heterocycles. The van der Waals surface area contributed by atoms with Gasteiger partial charge in [0.1, 0.15) is 0 Å². The van der Waals surface area contributed by atoms with Gasteiger partial charge in [0.25, 0.3) is 0 Å². The SMILES string of the molecule is ClC[C@@H]1CO1.O=C1OC[C@@H]2C[C@]12c1ccccc1.[C-]#[N+]Cc1ccccc1. The smallest absolute Gasteiger partial charge is 0.317 e. The first-order valence-corrected chi connectivity index (χ1v) is 9.51. The van der Waals surface area contributed by atoms with Crippen LogP contribution in [0, 0.1) is 12.5 Å². The Morgan fingerprint density at radius 2 is 1.70 bits per heavy atom. The first-order valence-electron chi connectivity index (χ1n) is 8.98. The number of cyclic esters (lactones) is 1. The third-order valence-electron chi connectivity index (χ3n) is 4.85. The highest BCUT2D eigenvalue weighted by Crippen LogP contribution is 2.58. The lowest BCUT2D eigenvalue weighted by Gasteiger charge is -2.08. The van der Waals surface area contributed by atoms with Crippen LogP contribution in [0.2, 0.25) is 0 Å². The molecule has 0 aromatic heterocycles. The van der Waals surface area contributed by atoms with Crippen molar-refractivity contribution in [3.8, 4) is 0 Å². The van der Waals surface area contributed by atoms with E-state index >= 15 is 0 Å². The van der Waals surface area contributed by atoms with E-state index in [1.54, 1.807) is 0 Å². The van der Waals surface area contributed by atoms with Gasteiger partial charge >= 0.3 is 5.97 Å². The third kappa shape index (κ3) is 4.88. The van der Waals surface area contributed by atoms with Crippen LogP contribution >= 0.6 is 11.6 Å². The Morgan fingerprint density at radius 3 is 2.11 bits per heavy atom. The van der Waals surface area contributed by atoms with E-state index in [4.69, 9.17) is 27.6 Å². The zero-order chi connectivity index (χ0) is 19.1. The fourth-order valence-electron chi connectivity index (χ4n) is 3.12. The lowest BCUT2D eigenvalue weighted by atomic mass is 9.95. The topological polar surface area (TPSA) is 43.2 Å². The van der Waals surface area contributed by atoms with Crippen LogP contribution in [0.5, 0.6) is 0 Å². The van der Waals surface area contributed by atoms with E-state index in [2.05, 4.69) is 4.85 Å². The third-order valence-corrected chi connectivity index (χ3v) is 5.20. The molecule has 0 bridgehead atoms. The molecule has 1 saturated carbocycles. The quantitative estimate of drug-likeness (QED) is 0.345. The standard InChI is InChI=1S/C11H10O2.C8H7N.C3H5ClO/c12-10-11(6-9(11)7-13-10)8-4-2-1-3-5-8;1-9-7-8-5-3-2-4-6-8;4-1-3-2-5-3/h1-5,9H,6-7H2;2-6H,7H2;3H,1-2H2/t9-,11+;;3-/m0.1/s1. The van der Waals surface area contributed by atoms with Crippen LogP contribution in [0.3, 0.4) is 0 Å². The van der Waals surface area contributed by atoms with Gasteiger partial charge in [-0.15, -0.1) is 11.6 Å². The summed E-state index contributed by atoms with van der Waals surface area (Å²) in [4.78, 5) is 14.8. The van der Waals surface area contributed by atoms with Crippen molar-refractivity contribution in [3.05, 3.63) is 83.2 Å². The predicted molar refractivity (Wildman–Crippen MR) is 104 cm³/mol. The summed E-state index contributed by atoms with van der Waals surface area (Å²) in [6.07, 6.45) is 1.38. The molecule has 2 aromatic carbocycles. The van der Waals surface area contributed by atoms with Gasteiger partial charge in [0.05, 0.1) is 30.6 Å². The molecule has 3 aliphatic rings. The van der Waals surface area contributed by atoms with Gasteiger partial charge in [-0.25, -0.2) is 6.57 Å². The Kier molecular flexibility index (Phi) is 6.49. The van der Waals surface area contributed by atoms with Crippen LogP contribution in [-0.4, -0.2) is 31.2 Å². The van der Waals surface area contributed by atoms with Gasteiger partial charge in [0, 0.05) is 11.5 Å². The normalized spacial score (nSPS) is 26.1. The summed E-state index contributed by atoms with van der Waals surface area (Å²) in [6, 6.07) is 19.7. The molecule has 0 unspecified atom stereocenters. The first kappa shape index (κ1) is 19.4. The molecule has 0 N–H and O–H groups in total. The zero-order valence-electron chi connectivity index (χ0n) is 15.0. The molecule has 2 heterocycles. The van der Waals surface area contributed by atoms with Gasteiger partial charge in [0.2, 0.25) is 6.54 Å². The van der Waals surface area contributed by atoms with Crippen LogP contribution in [0.4, 0.5) is 0 Å². The average molecular weight is 384 g/mol. The summed E-state index contributed by atoms with van der Waals surface area (Å²) in [7, 11) is 0. The molecule has 3 atom stereocenters. The molecule has 5 heteroatoms. The molecule has 0 amide bonds. The number of fused-ring (bicyclic) bond motifs is 1. The summed E-state index contributed by atoms with van der Waals surface area (Å²) in [6.45, 7) is 8.56. The number of carbonyl (C=O) groups is 1. The number of hydrogen-bond acceptors (Lipinski definition) is 3. The summed E-state index contributed by atoms with van der Waals surface area (Å²) in [5.74, 6) is 1.09. The van der Waals surface area contributed by atoms with Gasteiger partial charge < -0.3 is 14.3 Å². The van der Waals surface area contributed by atoms with Crippen molar-refractivity contribution >= 4 is 17.6 Å². The lowest BCUT2D eigenvalue weighted by molar-refractivity contribution is -0.142. The molecule has 2 saturated heterocycles. The highest BCUT2D eigenvalue weighted by molar-refractivity contribution is 6.18. The van der Waals surface area contributed by atoms with E-state index in [-0.39, 0.29) is 11.4 Å². The average Bonchev–Trinajstić information content (AvgIpc) is 3.64. The van der Waals surface area contributed by atoms with Crippen molar-refractivity contribution < 1.29 is 14.3 Å². The highest BCUT2D eigenvalue weighted by atomic mass is 35.5. The Labute approximate surface area is 164 Å². The second-order valence-corrected chi connectivity index (χ2v) is 7.06. The Bertz CT molecular complexity index is 786. The maximum atomic E-state index is 11.5. The molecule has 27 heavy (non-hydrogen) atoms. The maximum absolute atomic E-state index is 11.5. The molecule has 5 rings (SSSR count). The largest absolute Gasteiger partial charge is 0.465 e. The van der Waals surface area contributed by atoms with E-state index < -0.39 is 0 Å². The molecular weight excluding hydrogens is 362 g/mol. The number of halogens is 1. The van der Waals surface area contributed by atoms with Crippen molar-refractivity contribution in [2.24, 2.45) is 5.92 Å². The molecule has 0 radical (unpaired) electrons.